The van der Waals surface area contributed by atoms with Gasteiger partial charge in [0.05, 0.1) is 0 Å². The minimum atomic E-state index is 0.174. The van der Waals surface area contributed by atoms with Crippen LogP contribution in [0.15, 0.2) is 29.3 Å². The monoisotopic (exact) mass is 332 g/mol. The van der Waals surface area contributed by atoms with Crippen molar-refractivity contribution in [1.29, 1.82) is 0 Å². The van der Waals surface area contributed by atoms with Crippen LogP contribution in [0.4, 0.5) is 0 Å². The Morgan fingerprint density at radius 1 is 1.17 bits per heavy atom. The quantitative estimate of drug-likeness (QED) is 0.313. The maximum Gasteiger partial charge on any atom is 0.223 e. The zero-order chi connectivity index (χ0) is 17.2. The molecule has 6 nitrogen and oxygen atoms in total. The molecule has 24 heavy (non-hydrogen) atoms. The summed E-state index contributed by atoms with van der Waals surface area (Å²) in [6.45, 7) is 4.85. The van der Waals surface area contributed by atoms with E-state index in [-0.39, 0.29) is 11.8 Å². The van der Waals surface area contributed by atoms with Crippen LogP contribution < -0.4 is 16.0 Å². The molecule has 0 atom stereocenters. The number of nitrogens with one attached hydrogen (secondary N) is 3. The second-order valence-electron chi connectivity index (χ2n) is 6.02. The van der Waals surface area contributed by atoms with Crippen LogP contribution in [0.3, 0.4) is 0 Å². The maximum atomic E-state index is 11.5. The Morgan fingerprint density at radius 2 is 1.88 bits per heavy atom. The van der Waals surface area contributed by atoms with Crippen LogP contribution in [-0.4, -0.2) is 43.2 Å². The average molecular weight is 332 g/mol. The molecule has 2 rings (SSSR count). The fraction of sp³-hybridized carbons (Fsp3) is 0.556. The van der Waals surface area contributed by atoms with Crippen LogP contribution in [0.1, 0.15) is 31.7 Å². The molecule has 0 bridgehead atoms. The Bertz CT molecular complexity index is 538. The van der Waals surface area contributed by atoms with Crippen molar-refractivity contribution in [3.8, 4) is 5.75 Å². The van der Waals surface area contributed by atoms with Crippen molar-refractivity contribution in [3.05, 3.63) is 29.8 Å². The number of phenolic OH excluding ortho intramolecular Hbond substituents is 1. The summed E-state index contributed by atoms with van der Waals surface area (Å²) in [4.78, 5) is 16.1. The van der Waals surface area contributed by atoms with E-state index in [0.717, 1.165) is 44.7 Å². The van der Waals surface area contributed by atoms with Gasteiger partial charge in [-0.05, 0) is 50.3 Å². The number of guanidine groups is 1. The number of rotatable bonds is 9. The third-order valence-electron chi connectivity index (χ3n) is 3.84. The van der Waals surface area contributed by atoms with Gasteiger partial charge in [0, 0.05) is 32.1 Å². The number of aryl methyl sites for hydroxylation is 1. The standard InChI is InChI=1S/C18H28N4O2/c1-2-19-18(22-13-12-20-17(24)15-7-8-15)21-11-3-4-14-5-9-16(23)10-6-14/h5-6,9-10,15,23H,2-4,7-8,11-13H2,1H3,(H,20,24)(H2,19,21,22). The molecule has 1 saturated carbocycles. The van der Waals surface area contributed by atoms with E-state index in [2.05, 4.69) is 20.9 Å². The minimum Gasteiger partial charge on any atom is -0.508 e. The Morgan fingerprint density at radius 3 is 2.54 bits per heavy atom. The van der Waals surface area contributed by atoms with Crippen molar-refractivity contribution in [3.63, 3.8) is 0 Å². The van der Waals surface area contributed by atoms with Crippen molar-refractivity contribution >= 4 is 11.9 Å². The summed E-state index contributed by atoms with van der Waals surface area (Å²) in [5, 5.41) is 18.6. The van der Waals surface area contributed by atoms with E-state index in [1.165, 1.54) is 5.56 Å². The van der Waals surface area contributed by atoms with Crippen molar-refractivity contribution in [2.45, 2.75) is 32.6 Å². The first-order valence-electron chi connectivity index (χ1n) is 8.77. The Kier molecular flexibility index (Phi) is 7.39. The molecule has 1 amide bonds. The third kappa shape index (κ3) is 6.89. The van der Waals surface area contributed by atoms with Gasteiger partial charge in [0.25, 0.3) is 0 Å². The van der Waals surface area contributed by atoms with Crippen LogP contribution >= 0.6 is 0 Å². The predicted octanol–water partition coefficient (Wildman–Crippen LogP) is 1.41. The molecule has 132 valence electrons. The van der Waals surface area contributed by atoms with E-state index >= 15 is 0 Å². The van der Waals surface area contributed by atoms with Gasteiger partial charge in [0.15, 0.2) is 5.96 Å². The second-order valence-corrected chi connectivity index (χ2v) is 6.02. The van der Waals surface area contributed by atoms with Crippen molar-refractivity contribution in [2.75, 3.05) is 26.2 Å². The van der Waals surface area contributed by atoms with Crippen LogP contribution in [0, 0.1) is 5.92 Å². The molecular weight excluding hydrogens is 304 g/mol. The fourth-order valence-corrected chi connectivity index (χ4v) is 2.33. The van der Waals surface area contributed by atoms with Crippen LogP contribution in [-0.2, 0) is 11.2 Å². The van der Waals surface area contributed by atoms with Gasteiger partial charge in [-0.2, -0.15) is 0 Å². The molecular formula is C18H28N4O2. The van der Waals surface area contributed by atoms with Crippen LogP contribution in [0.2, 0.25) is 0 Å². The zero-order valence-electron chi connectivity index (χ0n) is 14.3. The van der Waals surface area contributed by atoms with Crippen molar-refractivity contribution in [2.24, 2.45) is 10.9 Å². The number of amides is 1. The van der Waals surface area contributed by atoms with Crippen molar-refractivity contribution in [1.82, 2.24) is 16.0 Å². The van der Waals surface area contributed by atoms with Crippen LogP contribution in [0.5, 0.6) is 5.75 Å². The Balaban J connectivity index is 1.63. The summed E-state index contributed by atoms with van der Waals surface area (Å²) in [5.74, 6) is 1.51. The molecule has 1 aromatic carbocycles. The second kappa shape index (κ2) is 9.80. The van der Waals surface area contributed by atoms with Gasteiger partial charge in [-0.25, -0.2) is 0 Å². The highest BCUT2D eigenvalue weighted by Gasteiger charge is 2.28. The highest BCUT2D eigenvalue weighted by Crippen LogP contribution is 2.28. The molecule has 1 aliphatic rings. The van der Waals surface area contributed by atoms with Gasteiger partial charge in [-0.1, -0.05) is 12.1 Å². The predicted molar refractivity (Wildman–Crippen MR) is 96.1 cm³/mol. The molecule has 0 aliphatic heterocycles. The van der Waals surface area contributed by atoms with Crippen molar-refractivity contribution < 1.29 is 9.90 Å². The van der Waals surface area contributed by atoms with Crippen LogP contribution in [0.25, 0.3) is 0 Å². The van der Waals surface area contributed by atoms with E-state index in [1.807, 2.05) is 19.1 Å². The number of aromatic hydroxyl groups is 1. The molecule has 1 aromatic rings. The van der Waals surface area contributed by atoms with Gasteiger partial charge >= 0.3 is 0 Å². The van der Waals surface area contributed by atoms with E-state index in [0.29, 0.717) is 18.8 Å². The molecule has 0 unspecified atom stereocenters. The van der Waals surface area contributed by atoms with E-state index in [1.54, 1.807) is 12.1 Å². The lowest BCUT2D eigenvalue weighted by Gasteiger charge is -2.11. The molecule has 0 spiro atoms. The molecule has 1 fully saturated rings. The topological polar surface area (TPSA) is 85.8 Å². The molecule has 1 aliphatic carbocycles. The number of nitrogens with zero attached hydrogens (tertiary/aromatic N) is 1. The summed E-state index contributed by atoms with van der Waals surface area (Å²) < 4.78 is 0. The molecule has 0 aromatic heterocycles. The average Bonchev–Trinajstić information content (AvgIpc) is 3.41. The lowest BCUT2D eigenvalue weighted by atomic mass is 10.1. The number of carbonyl (C=O) groups excluding carboxylic acids is 1. The molecule has 0 heterocycles. The number of aliphatic imine (C=N–C) groups is 1. The van der Waals surface area contributed by atoms with E-state index < -0.39 is 0 Å². The summed E-state index contributed by atoms with van der Waals surface area (Å²) in [5.41, 5.74) is 1.20. The number of hydrogen-bond donors (Lipinski definition) is 4. The summed E-state index contributed by atoms with van der Waals surface area (Å²) in [7, 11) is 0. The molecule has 6 heteroatoms. The number of carbonyl (C=O) groups is 1. The lowest BCUT2D eigenvalue weighted by Crippen LogP contribution is -2.41. The summed E-state index contributed by atoms with van der Waals surface area (Å²) >= 11 is 0. The molecule has 0 radical (unpaired) electrons. The number of hydrogen-bond acceptors (Lipinski definition) is 3. The van der Waals surface area contributed by atoms with Gasteiger partial charge in [-0.15, -0.1) is 0 Å². The SMILES string of the molecule is CCNC(=NCCCc1ccc(O)cc1)NCCNC(=O)C1CC1. The van der Waals surface area contributed by atoms with Gasteiger partial charge in [-0.3, -0.25) is 9.79 Å². The minimum absolute atomic E-state index is 0.174. The first-order chi connectivity index (χ1) is 11.7. The first kappa shape index (κ1) is 18.1. The largest absolute Gasteiger partial charge is 0.508 e. The van der Waals surface area contributed by atoms with E-state index in [9.17, 15) is 9.90 Å². The Hall–Kier alpha value is -2.24. The highest BCUT2D eigenvalue weighted by molar-refractivity contribution is 5.81. The lowest BCUT2D eigenvalue weighted by molar-refractivity contribution is -0.122. The summed E-state index contributed by atoms with van der Waals surface area (Å²) in [6.07, 6.45) is 3.94. The van der Waals surface area contributed by atoms with E-state index in [4.69, 9.17) is 0 Å². The third-order valence-corrected chi connectivity index (χ3v) is 3.84. The zero-order valence-corrected chi connectivity index (χ0v) is 14.3. The smallest absolute Gasteiger partial charge is 0.223 e. The Labute approximate surface area is 143 Å². The van der Waals surface area contributed by atoms with Gasteiger partial charge in [0.1, 0.15) is 5.75 Å². The summed E-state index contributed by atoms with van der Waals surface area (Å²) in [6, 6.07) is 7.29. The van der Waals surface area contributed by atoms with Gasteiger partial charge < -0.3 is 21.1 Å². The highest BCUT2D eigenvalue weighted by atomic mass is 16.3. The maximum absolute atomic E-state index is 11.5. The fourth-order valence-electron chi connectivity index (χ4n) is 2.33. The molecule has 4 N–H and O–H groups in total. The number of phenols is 1. The number of benzene rings is 1. The first-order valence-corrected chi connectivity index (χ1v) is 8.77. The normalized spacial score (nSPS) is 14.3. The molecule has 0 saturated heterocycles. The van der Waals surface area contributed by atoms with Gasteiger partial charge in [0.2, 0.25) is 5.91 Å².